The number of nitrogens with two attached hydrogens (primary N) is 2. The van der Waals surface area contributed by atoms with E-state index in [0.29, 0.717) is 19.3 Å². The number of aldehydes is 1. The first-order valence-corrected chi connectivity index (χ1v) is 9.01. The third kappa shape index (κ3) is 6.71. The van der Waals surface area contributed by atoms with E-state index in [0.717, 1.165) is 12.0 Å². The summed E-state index contributed by atoms with van der Waals surface area (Å²) in [7, 11) is 0. The standard InChI is InChI=1S/C20H29N3O4/c1-3-8-17(21)20(22,12-4-2)19(26)27-18(25)16(11-13-24)23-14-15-9-6-5-7-10-15/h4-7,9-10,13,16-17,23H,2-3,8,11-12,14,21-22H2,1H3. The maximum absolute atomic E-state index is 12.6. The van der Waals surface area contributed by atoms with Crippen LogP contribution in [0.4, 0.5) is 0 Å². The fourth-order valence-electron chi connectivity index (χ4n) is 2.65. The van der Waals surface area contributed by atoms with Gasteiger partial charge >= 0.3 is 11.9 Å². The molecule has 7 nitrogen and oxygen atoms in total. The van der Waals surface area contributed by atoms with Crippen LogP contribution >= 0.6 is 0 Å². The van der Waals surface area contributed by atoms with Crippen LogP contribution in [0.2, 0.25) is 0 Å². The monoisotopic (exact) mass is 375 g/mol. The molecule has 0 aromatic heterocycles. The number of esters is 2. The van der Waals surface area contributed by atoms with Gasteiger partial charge in [-0.15, -0.1) is 6.58 Å². The van der Waals surface area contributed by atoms with Crippen molar-refractivity contribution in [3.8, 4) is 0 Å². The lowest BCUT2D eigenvalue weighted by molar-refractivity contribution is -0.166. The van der Waals surface area contributed by atoms with E-state index < -0.39 is 29.6 Å². The molecule has 7 heteroatoms. The van der Waals surface area contributed by atoms with E-state index in [1.807, 2.05) is 37.3 Å². The second kappa shape index (κ2) is 11.4. The highest BCUT2D eigenvalue weighted by Gasteiger charge is 2.42. The van der Waals surface area contributed by atoms with Crippen LogP contribution in [0.25, 0.3) is 0 Å². The predicted molar refractivity (Wildman–Crippen MR) is 103 cm³/mol. The summed E-state index contributed by atoms with van der Waals surface area (Å²) in [5.74, 6) is -1.77. The second-order valence-electron chi connectivity index (χ2n) is 6.46. The molecule has 5 N–H and O–H groups in total. The van der Waals surface area contributed by atoms with Gasteiger partial charge in [-0.1, -0.05) is 49.8 Å². The largest absolute Gasteiger partial charge is 0.391 e. The Morgan fingerprint density at radius 1 is 1.33 bits per heavy atom. The maximum Gasteiger partial charge on any atom is 0.335 e. The first kappa shape index (κ1) is 22.7. The number of hydrogen-bond acceptors (Lipinski definition) is 7. The van der Waals surface area contributed by atoms with Crippen LogP contribution in [0.1, 0.15) is 38.2 Å². The molecule has 0 radical (unpaired) electrons. The van der Waals surface area contributed by atoms with Crippen LogP contribution in [0, 0.1) is 0 Å². The maximum atomic E-state index is 12.6. The molecule has 3 atom stereocenters. The van der Waals surface area contributed by atoms with Crippen LogP contribution in [-0.4, -0.2) is 35.8 Å². The lowest BCUT2D eigenvalue weighted by atomic mass is 9.85. The summed E-state index contributed by atoms with van der Waals surface area (Å²) in [6, 6.07) is 7.71. The molecule has 0 amide bonds. The molecular formula is C20H29N3O4. The van der Waals surface area contributed by atoms with Gasteiger partial charge in [0.05, 0.1) is 0 Å². The molecule has 1 aromatic carbocycles. The SMILES string of the molecule is C=CCC(N)(C(=O)OC(=O)C(CC=O)NCc1ccccc1)C(N)CCC. The number of nitrogens with one attached hydrogen (secondary N) is 1. The fourth-order valence-corrected chi connectivity index (χ4v) is 2.65. The minimum atomic E-state index is -1.54. The predicted octanol–water partition coefficient (Wildman–Crippen LogP) is 1.20. The number of rotatable bonds is 12. The van der Waals surface area contributed by atoms with Gasteiger partial charge in [0, 0.05) is 19.0 Å². The van der Waals surface area contributed by atoms with Gasteiger partial charge in [0.15, 0.2) is 0 Å². The quantitative estimate of drug-likeness (QED) is 0.217. The number of benzene rings is 1. The van der Waals surface area contributed by atoms with Crippen LogP contribution in [0.3, 0.4) is 0 Å². The summed E-state index contributed by atoms with van der Waals surface area (Å²) in [4.78, 5) is 35.9. The topological polar surface area (TPSA) is 125 Å². The van der Waals surface area contributed by atoms with Gasteiger partial charge in [0.2, 0.25) is 0 Å². The summed E-state index contributed by atoms with van der Waals surface area (Å²) < 4.78 is 4.99. The van der Waals surface area contributed by atoms with Crippen molar-refractivity contribution in [3.05, 3.63) is 48.6 Å². The van der Waals surface area contributed by atoms with Crippen molar-refractivity contribution in [2.45, 2.75) is 56.8 Å². The molecule has 0 fully saturated rings. The van der Waals surface area contributed by atoms with Crippen molar-refractivity contribution in [3.63, 3.8) is 0 Å². The van der Waals surface area contributed by atoms with Crippen molar-refractivity contribution < 1.29 is 19.1 Å². The molecule has 148 valence electrons. The summed E-state index contributed by atoms with van der Waals surface area (Å²) in [5.41, 5.74) is 11.6. The van der Waals surface area contributed by atoms with Crippen LogP contribution < -0.4 is 16.8 Å². The number of carbonyl (C=O) groups excluding carboxylic acids is 3. The average molecular weight is 375 g/mol. The van der Waals surface area contributed by atoms with E-state index in [1.165, 1.54) is 6.08 Å². The highest BCUT2D eigenvalue weighted by atomic mass is 16.6. The van der Waals surface area contributed by atoms with Crippen LogP contribution in [-0.2, 0) is 25.7 Å². The lowest BCUT2D eigenvalue weighted by Crippen LogP contribution is -2.62. The molecule has 0 bridgehead atoms. The van der Waals surface area contributed by atoms with Crippen molar-refractivity contribution >= 4 is 18.2 Å². The zero-order valence-corrected chi connectivity index (χ0v) is 15.7. The van der Waals surface area contributed by atoms with Gasteiger partial charge in [-0.2, -0.15) is 0 Å². The summed E-state index contributed by atoms with van der Waals surface area (Å²) >= 11 is 0. The first-order chi connectivity index (χ1) is 12.9. The Morgan fingerprint density at radius 3 is 2.56 bits per heavy atom. The third-order valence-corrected chi connectivity index (χ3v) is 4.33. The molecule has 0 aliphatic heterocycles. The number of hydrogen-bond donors (Lipinski definition) is 3. The molecule has 0 aliphatic rings. The van der Waals surface area contributed by atoms with Crippen LogP contribution in [0.15, 0.2) is 43.0 Å². The van der Waals surface area contributed by atoms with Gasteiger partial charge in [-0.3, -0.25) is 5.32 Å². The van der Waals surface area contributed by atoms with E-state index in [2.05, 4.69) is 11.9 Å². The summed E-state index contributed by atoms with van der Waals surface area (Å²) in [5, 5.41) is 2.93. The Bertz CT molecular complexity index is 635. The summed E-state index contributed by atoms with van der Waals surface area (Å²) in [6.07, 6.45) is 3.24. The normalized spacial score (nSPS) is 15.2. The van der Waals surface area contributed by atoms with Gasteiger partial charge < -0.3 is 21.0 Å². The molecular weight excluding hydrogens is 346 g/mol. The zero-order valence-electron chi connectivity index (χ0n) is 15.7. The fraction of sp³-hybridized carbons (Fsp3) is 0.450. The lowest BCUT2D eigenvalue weighted by Gasteiger charge is -2.32. The van der Waals surface area contributed by atoms with Crippen molar-refractivity contribution in [1.82, 2.24) is 5.32 Å². The number of ether oxygens (including phenoxy) is 1. The zero-order chi connectivity index (χ0) is 20.3. The average Bonchev–Trinajstić information content (AvgIpc) is 2.66. The van der Waals surface area contributed by atoms with Gasteiger partial charge in [-0.25, -0.2) is 9.59 Å². The Morgan fingerprint density at radius 2 is 2.00 bits per heavy atom. The minimum Gasteiger partial charge on any atom is -0.391 e. The second-order valence-corrected chi connectivity index (χ2v) is 6.46. The van der Waals surface area contributed by atoms with Crippen LogP contribution in [0.5, 0.6) is 0 Å². The summed E-state index contributed by atoms with van der Waals surface area (Å²) in [6.45, 7) is 5.85. The Hall–Kier alpha value is -2.35. The highest BCUT2D eigenvalue weighted by Crippen LogP contribution is 2.18. The van der Waals surface area contributed by atoms with Crippen molar-refractivity contribution in [1.29, 1.82) is 0 Å². The Labute approximate surface area is 160 Å². The molecule has 1 aromatic rings. The van der Waals surface area contributed by atoms with E-state index in [9.17, 15) is 14.4 Å². The molecule has 27 heavy (non-hydrogen) atoms. The smallest absolute Gasteiger partial charge is 0.335 e. The van der Waals surface area contributed by atoms with E-state index >= 15 is 0 Å². The molecule has 1 rings (SSSR count). The molecule has 0 saturated heterocycles. The third-order valence-electron chi connectivity index (χ3n) is 4.33. The Kier molecular flexibility index (Phi) is 9.56. The minimum absolute atomic E-state index is 0.0794. The molecule has 0 spiro atoms. The van der Waals surface area contributed by atoms with E-state index in [4.69, 9.17) is 16.2 Å². The van der Waals surface area contributed by atoms with Gasteiger partial charge in [0.25, 0.3) is 0 Å². The molecule has 0 heterocycles. The van der Waals surface area contributed by atoms with Crippen molar-refractivity contribution in [2.24, 2.45) is 11.5 Å². The number of carbonyl (C=O) groups is 3. The molecule has 0 saturated carbocycles. The Balaban J connectivity index is 2.81. The first-order valence-electron chi connectivity index (χ1n) is 9.01. The van der Waals surface area contributed by atoms with E-state index in [1.54, 1.807) is 0 Å². The van der Waals surface area contributed by atoms with E-state index in [-0.39, 0.29) is 12.8 Å². The van der Waals surface area contributed by atoms with Crippen molar-refractivity contribution in [2.75, 3.05) is 0 Å². The van der Waals surface area contributed by atoms with Gasteiger partial charge in [0.1, 0.15) is 17.9 Å². The van der Waals surface area contributed by atoms with Gasteiger partial charge in [-0.05, 0) is 18.4 Å². The highest BCUT2D eigenvalue weighted by molar-refractivity contribution is 5.94. The molecule has 3 unspecified atom stereocenters. The molecule has 0 aliphatic carbocycles.